The van der Waals surface area contributed by atoms with E-state index in [2.05, 4.69) is 10.4 Å². The first kappa shape index (κ1) is 16.6. The smallest absolute Gasteiger partial charge is 0.241 e. The van der Waals surface area contributed by atoms with Gasteiger partial charge in [-0.3, -0.25) is 9.48 Å². The van der Waals surface area contributed by atoms with E-state index >= 15 is 0 Å². The summed E-state index contributed by atoms with van der Waals surface area (Å²) >= 11 is 0. The van der Waals surface area contributed by atoms with Crippen LogP contribution in [0.3, 0.4) is 0 Å². The monoisotopic (exact) mass is 349 g/mol. The van der Waals surface area contributed by atoms with Crippen molar-refractivity contribution in [1.82, 2.24) is 15.1 Å². The first-order chi connectivity index (χ1) is 12.8. The van der Waals surface area contributed by atoms with E-state index < -0.39 is 0 Å². The van der Waals surface area contributed by atoms with Gasteiger partial charge in [0.15, 0.2) is 0 Å². The summed E-state index contributed by atoms with van der Waals surface area (Å²) in [5.74, 6) is 0.942. The van der Waals surface area contributed by atoms with Crippen molar-refractivity contribution in [1.29, 1.82) is 0 Å². The van der Waals surface area contributed by atoms with Crippen molar-refractivity contribution < 1.29 is 9.53 Å². The molecule has 4 rings (SSSR count). The van der Waals surface area contributed by atoms with Crippen LogP contribution in [0.1, 0.15) is 25.7 Å². The number of amides is 1. The van der Waals surface area contributed by atoms with Crippen LogP contribution in [0, 0.1) is 0 Å². The molecule has 0 bridgehead atoms. The Labute approximate surface area is 153 Å². The van der Waals surface area contributed by atoms with Crippen molar-refractivity contribution in [2.45, 2.75) is 44.4 Å². The Bertz CT molecular complexity index is 867. The van der Waals surface area contributed by atoms with Gasteiger partial charge in [0.2, 0.25) is 5.91 Å². The summed E-state index contributed by atoms with van der Waals surface area (Å²) in [4.78, 5) is 12.4. The highest BCUT2D eigenvalue weighted by Gasteiger charge is 2.23. The highest BCUT2D eigenvalue weighted by molar-refractivity contribution is 5.82. The molecule has 0 aliphatic heterocycles. The second-order valence-corrected chi connectivity index (χ2v) is 6.83. The number of ether oxygens (including phenoxy) is 1. The molecule has 2 aromatic carbocycles. The van der Waals surface area contributed by atoms with Gasteiger partial charge in [0.05, 0.1) is 17.8 Å². The molecule has 1 aliphatic rings. The minimum atomic E-state index is 0.0197. The average molecular weight is 349 g/mol. The van der Waals surface area contributed by atoms with E-state index in [1.807, 2.05) is 54.6 Å². The van der Waals surface area contributed by atoms with Crippen molar-refractivity contribution in [2.75, 3.05) is 0 Å². The lowest BCUT2D eigenvalue weighted by atomic mass is 9.93. The van der Waals surface area contributed by atoms with Gasteiger partial charge in [0.25, 0.3) is 0 Å². The van der Waals surface area contributed by atoms with Crippen molar-refractivity contribution >= 4 is 16.8 Å². The molecule has 1 aromatic heterocycles. The third kappa shape index (κ3) is 3.87. The van der Waals surface area contributed by atoms with Crippen LogP contribution in [0.4, 0.5) is 0 Å². The summed E-state index contributed by atoms with van der Waals surface area (Å²) in [5, 5.41) is 8.53. The van der Waals surface area contributed by atoms with E-state index in [4.69, 9.17) is 4.74 Å². The Morgan fingerprint density at radius 2 is 1.77 bits per heavy atom. The number of nitrogens with one attached hydrogen (secondary N) is 1. The summed E-state index contributed by atoms with van der Waals surface area (Å²) in [6.45, 7) is 0.258. The molecule has 0 atom stereocenters. The highest BCUT2D eigenvalue weighted by Crippen LogP contribution is 2.23. The van der Waals surface area contributed by atoms with Gasteiger partial charge >= 0.3 is 0 Å². The predicted molar refractivity (Wildman–Crippen MR) is 101 cm³/mol. The van der Waals surface area contributed by atoms with Crippen molar-refractivity contribution in [3.8, 4) is 5.75 Å². The molecule has 0 unspecified atom stereocenters. The van der Waals surface area contributed by atoms with E-state index in [1.54, 1.807) is 10.9 Å². The Balaban J connectivity index is 1.27. The van der Waals surface area contributed by atoms with Crippen LogP contribution in [-0.2, 0) is 11.3 Å². The number of hydrogen-bond acceptors (Lipinski definition) is 3. The van der Waals surface area contributed by atoms with Gasteiger partial charge < -0.3 is 10.1 Å². The van der Waals surface area contributed by atoms with Gasteiger partial charge in [-0.1, -0.05) is 36.4 Å². The maximum absolute atomic E-state index is 12.4. The molecule has 134 valence electrons. The molecule has 5 heteroatoms. The second-order valence-electron chi connectivity index (χ2n) is 6.83. The van der Waals surface area contributed by atoms with Crippen LogP contribution in [0.25, 0.3) is 10.9 Å². The number of carbonyl (C=O) groups excluding carboxylic acids is 1. The van der Waals surface area contributed by atoms with Gasteiger partial charge in [0, 0.05) is 11.4 Å². The Hall–Kier alpha value is -2.82. The molecule has 3 aromatic rings. The third-order valence-corrected chi connectivity index (χ3v) is 4.93. The van der Waals surface area contributed by atoms with Crippen molar-refractivity contribution in [3.05, 3.63) is 60.8 Å². The minimum Gasteiger partial charge on any atom is -0.490 e. The maximum atomic E-state index is 12.4. The molecule has 5 nitrogen and oxygen atoms in total. The van der Waals surface area contributed by atoms with Gasteiger partial charge in [-0.15, -0.1) is 0 Å². The van der Waals surface area contributed by atoms with E-state index in [1.165, 1.54) is 0 Å². The minimum absolute atomic E-state index is 0.0197. The molecular weight excluding hydrogens is 326 g/mol. The zero-order valence-electron chi connectivity index (χ0n) is 14.7. The van der Waals surface area contributed by atoms with Gasteiger partial charge in [-0.05, 0) is 43.9 Å². The lowest BCUT2D eigenvalue weighted by molar-refractivity contribution is -0.122. The molecule has 1 saturated carbocycles. The van der Waals surface area contributed by atoms with Gasteiger partial charge in [0.1, 0.15) is 12.3 Å². The number of carbonyl (C=O) groups is 1. The molecule has 1 aliphatic carbocycles. The molecule has 1 amide bonds. The number of benzene rings is 2. The van der Waals surface area contributed by atoms with Crippen LogP contribution in [0.5, 0.6) is 5.75 Å². The van der Waals surface area contributed by atoms with Crippen LogP contribution in [0.2, 0.25) is 0 Å². The zero-order chi connectivity index (χ0) is 17.8. The van der Waals surface area contributed by atoms with E-state index in [-0.39, 0.29) is 24.6 Å². The number of aromatic nitrogens is 2. The third-order valence-electron chi connectivity index (χ3n) is 4.93. The van der Waals surface area contributed by atoms with E-state index in [9.17, 15) is 4.79 Å². The molecule has 0 spiro atoms. The largest absolute Gasteiger partial charge is 0.490 e. The van der Waals surface area contributed by atoms with Crippen molar-refractivity contribution in [2.24, 2.45) is 0 Å². The molecule has 1 heterocycles. The van der Waals surface area contributed by atoms with Gasteiger partial charge in [-0.2, -0.15) is 5.10 Å². The lowest BCUT2D eigenvalue weighted by Crippen LogP contribution is -2.41. The van der Waals surface area contributed by atoms with Crippen molar-refractivity contribution in [3.63, 3.8) is 0 Å². The molecule has 26 heavy (non-hydrogen) atoms. The lowest BCUT2D eigenvalue weighted by Gasteiger charge is -2.29. The van der Waals surface area contributed by atoms with Crippen LogP contribution < -0.4 is 10.1 Å². The maximum Gasteiger partial charge on any atom is 0.241 e. The summed E-state index contributed by atoms with van der Waals surface area (Å²) in [6, 6.07) is 18.1. The first-order valence-electron chi connectivity index (χ1n) is 9.19. The molecule has 1 N–H and O–H groups in total. The fourth-order valence-corrected chi connectivity index (χ4v) is 3.58. The summed E-state index contributed by atoms with van der Waals surface area (Å²) in [6.07, 6.45) is 5.86. The summed E-state index contributed by atoms with van der Waals surface area (Å²) in [5.41, 5.74) is 0.989. The molecular formula is C21H23N3O2. The van der Waals surface area contributed by atoms with Crippen LogP contribution >= 0.6 is 0 Å². The van der Waals surface area contributed by atoms with E-state index in [0.29, 0.717) is 0 Å². The van der Waals surface area contributed by atoms with Crippen LogP contribution in [-0.4, -0.2) is 27.8 Å². The summed E-state index contributed by atoms with van der Waals surface area (Å²) < 4.78 is 7.77. The Morgan fingerprint density at radius 3 is 2.58 bits per heavy atom. The average Bonchev–Trinajstić information content (AvgIpc) is 3.07. The first-order valence-corrected chi connectivity index (χ1v) is 9.19. The fourth-order valence-electron chi connectivity index (χ4n) is 3.58. The number of rotatable bonds is 5. The number of para-hydroxylation sites is 2. The standard InChI is InChI=1S/C21H23N3O2/c25-21(15-24-20-9-5-4-6-16(20)14-22-24)23-17-10-12-19(13-11-17)26-18-7-2-1-3-8-18/h1-9,14,17,19H,10-13,15H2,(H,23,25). The molecule has 0 radical (unpaired) electrons. The zero-order valence-corrected chi connectivity index (χ0v) is 14.7. The molecule has 0 saturated heterocycles. The van der Waals surface area contributed by atoms with Gasteiger partial charge in [-0.25, -0.2) is 0 Å². The Morgan fingerprint density at radius 1 is 1.04 bits per heavy atom. The highest BCUT2D eigenvalue weighted by atomic mass is 16.5. The quantitative estimate of drug-likeness (QED) is 0.766. The second kappa shape index (κ2) is 7.60. The normalized spacial score (nSPS) is 20.0. The topological polar surface area (TPSA) is 56.2 Å². The number of fused-ring (bicyclic) bond motifs is 1. The number of nitrogens with zero attached hydrogens (tertiary/aromatic N) is 2. The fraction of sp³-hybridized carbons (Fsp3) is 0.333. The Kier molecular flexibility index (Phi) is 4.86. The van der Waals surface area contributed by atoms with Crippen LogP contribution in [0.15, 0.2) is 60.8 Å². The summed E-state index contributed by atoms with van der Waals surface area (Å²) in [7, 11) is 0. The molecule has 1 fully saturated rings. The number of hydrogen-bond donors (Lipinski definition) is 1. The predicted octanol–water partition coefficient (Wildman–Crippen LogP) is 3.54. The van der Waals surface area contributed by atoms with E-state index in [0.717, 1.165) is 42.3 Å². The SMILES string of the molecule is O=C(Cn1ncc2ccccc21)NC1CCC(Oc2ccccc2)CC1.